The van der Waals surface area contributed by atoms with Crippen molar-refractivity contribution in [3.8, 4) is 0 Å². The van der Waals surface area contributed by atoms with E-state index in [4.69, 9.17) is 0 Å². The number of hydrogen-bond donors (Lipinski definition) is 0. The van der Waals surface area contributed by atoms with E-state index in [1.807, 2.05) is 18.2 Å². The van der Waals surface area contributed by atoms with Crippen molar-refractivity contribution in [3.63, 3.8) is 0 Å². The van der Waals surface area contributed by atoms with Crippen molar-refractivity contribution in [2.24, 2.45) is 4.99 Å². The molecule has 0 fully saturated rings. The number of aromatic nitrogens is 1. The van der Waals surface area contributed by atoms with Gasteiger partial charge >= 0.3 is 0 Å². The zero-order valence-electron chi connectivity index (χ0n) is 18.0. The van der Waals surface area contributed by atoms with Gasteiger partial charge in [0.15, 0.2) is 4.80 Å². The molecular formula is C25H20FN3O3S2. The van der Waals surface area contributed by atoms with Gasteiger partial charge in [0, 0.05) is 18.7 Å². The lowest BCUT2D eigenvalue weighted by molar-refractivity contribution is 0.0998. The van der Waals surface area contributed by atoms with E-state index in [2.05, 4.69) is 11.6 Å². The van der Waals surface area contributed by atoms with Crippen LogP contribution in [0.2, 0.25) is 0 Å². The molecule has 0 N–H and O–H groups in total. The van der Waals surface area contributed by atoms with Gasteiger partial charge in [-0.15, -0.1) is 6.58 Å². The number of carbonyl (C=O) groups excluding carboxylic acids is 1. The van der Waals surface area contributed by atoms with Crippen LogP contribution in [0.5, 0.6) is 0 Å². The fraction of sp³-hybridized carbons (Fsp3) is 0.120. The number of anilines is 1. The minimum atomic E-state index is -3.75. The third kappa shape index (κ3) is 3.86. The van der Waals surface area contributed by atoms with E-state index in [0.717, 1.165) is 11.1 Å². The van der Waals surface area contributed by atoms with Crippen molar-refractivity contribution >= 4 is 43.2 Å². The van der Waals surface area contributed by atoms with E-state index < -0.39 is 15.9 Å². The fourth-order valence-corrected chi connectivity index (χ4v) is 6.61. The summed E-state index contributed by atoms with van der Waals surface area (Å²) in [5.74, 6) is -0.880. The molecular weight excluding hydrogens is 473 g/mol. The van der Waals surface area contributed by atoms with Crippen LogP contribution in [-0.4, -0.2) is 25.4 Å². The number of fused-ring (bicyclic) bond motifs is 2. The summed E-state index contributed by atoms with van der Waals surface area (Å²) in [7, 11) is -3.75. The molecule has 3 aromatic carbocycles. The topological polar surface area (TPSA) is 71.7 Å². The van der Waals surface area contributed by atoms with Crippen molar-refractivity contribution in [1.29, 1.82) is 0 Å². The minimum absolute atomic E-state index is 0.111. The first kappa shape index (κ1) is 22.2. The van der Waals surface area contributed by atoms with Crippen LogP contribution < -0.4 is 9.11 Å². The second-order valence-electron chi connectivity index (χ2n) is 7.79. The first-order chi connectivity index (χ1) is 16.4. The van der Waals surface area contributed by atoms with E-state index >= 15 is 0 Å². The van der Waals surface area contributed by atoms with Crippen molar-refractivity contribution in [1.82, 2.24) is 4.57 Å². The molecule has 34 heavy (non-hydrogen) atoms. The number of carbonyl (C=O) groups is 1. The van der Waals surface area contributed by atoms with Gasteiger partial charge in [0.2, 0.25) is 0 Å². The molecule has 6 nitrogen and oxygen atoms in total. The Bertz CT molecular complexity index is 1600. The van der Waals surface area contributed by atoms with Crippen LogP contribution in [0.1, 0.15) is 15.9 Å². The summed E-state index contributed by atoms with van der Waals surface area (Å²) in [4.78, 5) is 17.6. The lowest BCUT2D eigenvalue weighted by atomic mass is 10.2. The number of sulfonamides is 1. The summed E-state index contributed by atoms with van der Waals surface area (Å²) in [6, 6.07) is 17.6. The number of para-hydroxylation sites is 1. The highest BCUT2D eigenvalue weighted by molar-refractivity contribution is 7.92. The summed E-state index contributed by atoms with van der Waals surface area (Å²) in [6.07, 6.45) is 2.34. The van der Waals surface area contributed by atoms with Gasteiger partial charge in [-0.1, -0.05) is 35.6 Å². The predicted molar refractivity (Wildman–Crippen MR) is 131 cm³/mol. The molecule has 9 heteroatoms. The molecule has 0 spiro atoms. The summed E-state index contributed by atoms with van der Waals surface area (Å²) < 4.78 is 43.9. The lowest BCUT2D eigenvalue weighted by Gasteiger charge is -2.19. The molecule has 0 radical (unpaired) electrons. The zero-order valence-corrected chi connectivity index (χ0v) is 19.7. The number of nitrogens with zero attached hydrogens (tertiary/aromatic N) is 3. The van der Waals surface area contributed by atoms with Crippen LogP contribution in [-0.2, 0) is 23.0 Å². The van der Waals surface area contributed by atoms with Gasteiger partial charge in [0.05, 0.1) is 20.8 Å². The summed E-state index contributed by atoms with van der Waals surface area (Å²) in [5, 5.41) is 0. The summed E-state index contributed by atoms with van der Waals surface area (Å²) in [6.45, 7) is 4.53. The van der Waals surface area contributed by atoms with Gasteiger partial charge in [0.1, 0.15) is 5.82 Å². The van der Waals surface area contributed by atoms with Gasteiger partial charge in [-0.25, -0.2) is 12.8 Å². The van der Waals surface area contributed by atoms with Gasteiger partial charge in [-0.2, -0.15) is 4.99 Å². The van der Waals surface area contributed by atoms with E-state index in [1.54, 1.807) is 22.8 Å². The smallest absolute Gasteiger partial charge is 0.279 e. The number of hydrogen-bond acceptors (Lipinski definition) is 4. The molecule has 0 saturated carbocycles. The van der Waals surface area contributed by atoms with Crippen LogP contribution in [0.25, 0.3) is 10.2 Å². The maximum Gasteiger partial charge on any atom is 0.279 e. The Kier molecular flexibility index (Phi) is 5.66. The molecule has 1 amide bonds. The Balaban J connectivity index is 1.47. The number of rotatable bonds is 5. The van der Waals surface area contributed by atoms with Crippen LogP contribution in [0, 0.1) is 5.82 Å². The Morgan fingerprint density at radius 3 is 2.65 bits per heavy atom. The Hall–Kier alpha value is -3.56. The Labute approximate surface area is 200 Å². The largest absolute Gasteiger partial charge is 0.312 e. The molecule has 0 unspecified atom stereocenters. The van der Waals surface area contributed by atoms with Crippen LogP contribution in [0.15, 0.2) is 89.3 Å². The second kappa shape index (κ2) is 8.66. The highest BCUT2D eigenvalue weighted by Crippen LogP contribution is 2.32. The zero-order chi connectivity index (χ0) is 23.9. The van der Waals surface area contributed by atoms with Gasteiger partial charge in [-0.3, -0.25) is 9.10 Å². The number of allylic oxidation sites excluding steroid dienone is 1. The molecule has 0 bridgehead atoms. The summed E-state index contributed by atoms with van der Waals surface area (Å²) >= 11 is 1.20. The number of halogens is 1. The predicted octanol–water partition coefficient (Wildman–Crippen LogP) is 4.52. The molecule has 5 rings (SSSR count). The van der Waals surface area contributed by atoms with Crippen LogP contribution in [0.3, 0.4) is 0 Å². The highest BCUT2D eigenvalue weighted by atomic mass is 32.2. The average molecular weight is 494 g/mol. The molecule has 1 aliphatic heterocycles. The lowest BCUT2D eigenvalue weighted by Crippen LogP contribution is -2.29. The quantitative estimate of drug-likeness (QED) is 0.384. The van der Waals surface area contributed by atoms with Crippen LogP contribution >= 0.6 is 11.3 Å². The van der Waals surface area contributed by atoms with Gasteiger partial charge in [-0.05, 0) is 60.5 Å². The Morgan fingerprint density at radius 1 is 1.12 bits per heavy atom. The van der Waals surface area contributed by atoms with E-state index in [0.29, 0.717) is 34.7 Å². The Morgan fingerprint density at radius 2 is 1.88 bits per heavy atom. The fourth-order valence-electron chi connectivity index (χ4n) is 4.04. The minimum Gasteiger partial charge on any atom is -0.312 e. The van der Waals surface area contributed by atoms with Crippen molar-refractivity contribution in [3.05, 3.63) is 101 Å². The number of amides is 1. The molecule has 1 aromatic heterocycles. The summed E-state index contributed by atoms with van der Waals surface area (Å²) in [5.41, 5.74) is 2.69. The average Bonchev–Trinajstić information content (AvgIpc) is 3.41. The van der Waals surface area contributed by atoms with Gasteiger partial charge in [0.25, 0.3) is 15.9 Å². The standard InChI is InChI=1S/C25H20FN3O3S2/c1-2-14-28-22-12-9-19(26)16-23(22)33-25(28)27-24(30)18-7-10-20(11-8-18)34(31,32)29-15-13-17-5-3-4-6-21(17)29/h2-12,16H,1,13-15H2. The highest BCUT2D eigenvalue weighted by Gasteiger charge is 2.30. The van der Waals surface area contributed by atoms with Gasteiger partial charge < -0.3 is 4.57 Å². The van der Waals surface area contributed by atoms with E-state index in [1.165, 1.54) is 52.0 Å². The van der Waals surface area contributed by atoms with E-state index in [9.17, 15) is 17.6 Å². The molecule has 4 aromatic rings. The monoisotopic (exact) mass is 493 g/mol. The number of benzene rings is 3. The molecule has 2 heterocycles. The molecule has 0 aliphatic carbocycles. The molecule has 172 valence electrons. The molecule has 1 aliphatic rings. The molecule has 0 atom stereocenters. The molecule has 0 saturated heterocycles. The number of thiazole rings is 1. The second-order valence-corrected chi connectivity index (χ2v) is 10.7. The van der Waals surface area contributed by atoms with E-state index in [-0.39, 0.29) is 16.3 Å². The first-order valence-corrected chi connectivity index (χ1v) is 12.8. The normalized spacial score (nSPS) is 13.9. The third-order valence-corrected chi connectivity index (χ3v) is 8.56. The maximum absolute atomic E-state index is 13.6. The van der Waals surface area contributed by atoms with Crippen molar-refractivity contribution in [2.45, 2.75) is 17.9 Å². The maximum atomic E-state index is 13.6. The van der Waals surface area contributed by atoms with Crippen LogP contribution in [0.4, 0.5) is 10.1 Å². The van der Waals surface area contributed by atoms with Crippen molar-refractivity contribution in [2.75, 3.05) is 10.8 Å². The van der Waals surface area contributed by atoms with Crippen molar-refractivity contribution < 1.29 is 17.6 Å². The first-order valence-electron chi connectivity index (χ1n) is 10.6. The third-order valence-electron chi connectivity index (χ3n) is 5.69. The SMILES string of the molecule is C=CCn1c(=NC(=O)c2ccc(S(=O)(=O)N3CCc4ccccc43)cc2)sc2cc(F)ccc21.